The third kappa shape index (κ3) is 2.31. The van der Waals surface area contributed by atoms with Crippen LogP contribution in [0.25, 0.3) is 10.3 Å². The topological polar surface area (TPSA) is 55.6 Å². The van der Waals surface area contributed by atoms with Gasteiger partial charge in [0.15, 0.2) is 10.8 Å². The third-order valence-electron chi connectivity index (χ3n) is 3.18. The summed E-state index contributed by atoms with van der Waals surface area (Å²) in [5, 5.41) is 9.92. The van der Waals surface area contributed by atoms with Gasteiger partial charge in [0.05, 0.1) is 27.6 Å². The average Bonchev–Trinajstić information content (AvgIpc) is 3.05. The maximum Gasteiger partial charge on any atom is 0.185 e. The average molecular weight is 307 g/mol. The number of thiazole rings is 2. The van der Waals surface area contributed by atoms with Crippen molar-refractivity contribution in [1.82, 2.24) is 19.7 Å². The second-order valence-corrected chi connectivity index (χ2v) is 6.87. The van der Waals surface area contributed by atoms with Gasteiger partial charge in [-0.2, -0.15) is 5.10 Å². The second kappa shape index (κ2) is 5.14. The van der Waals surface area contributed by atoms with Crippen LogP contribution in [0.1, 0.15) is 28.2 Å². The molecule has 0 fully saturated rings. The standard InChI is InChI=1S/C13H17N5S2/c1-5-10-15-7(2)9(19-10)6-14-13-16-12-11(20-13)8(3)17-18(12)4/h5-6H2,1-4H3,(H,14,16). The zero-order chi connectivity index (χ0) is 14.3. The Bertz CT molecular complexity index is 718. The Balaban J connectivity index is 1.79. The van der Waals surface area contributed by atoms with Crippen molar-refractivity contribution in [2.45, 2.75) is 33.7 Å². The summed E-state index contributed by atoms with van der Waals surface area (Å²) < 4.78 is 2.99. The highest BCUT2D eigenvalue weighted by Gasteiger charge is 2.12. The van der Waals surface area contributed by atoms with E-state index >= 15 is 0 Å². The van der Waals surface area contributed by atoms with E-state index in [0.29, 0.717) is 0 Å². The van der Waals surface area contributed by atoms with Crippen LogP contribution in [-0.2, 0) is 20.0 Å². The van der Waals surface area contributed by atoms with Crippen LogP contribution in [0, 0.1) is 13.8 Å². The number of aromatic nitrogens is 4. The highest BCUT2D eigenvalue weighted by Crippen LogP contribution is 2.29. The smallest absolute Gasteiger partial charge is 0.185 e. The van der Waals surface area contributed by atoms with Gasteiger partial charge in [-0.05, 0) is 20.3 Å². The highest BCUT2D eigenvalue weighted by molar-refractivity contribution is 7.22. The summed E-state index contributed by atoms with van der Waals surface area (Å²) in [6.07, 6.45) is 0.998. The van der Waals surface area contributed by atoms with Crippen LogP contribution in [-0.4, -0.2) is 19.7 Å². The Morgan fingerprint density at radius 1 is 1.15 bits per heavy atom. The van der Waals surface area contributed by atoms with Gasteiger partial charge in [-0.3, -0.25) is 0 Å². The predicted octanol–water partition coefficient (Wildman–Crippen LogP) is 3.28. The fourth-order valence-corrected chi connectivity index (χ4v) is 4.00. The second-order valence-electron chi connectivity index (χ2n) is 4.70. The van der Waals surface area contributed by atoms with Gasteiger partial charge in [0, 0.05) is 11.9 Å². The first kappa shape index (κ1) is 13.5. The summed E-state index contributed by atoms with van der Waals surface area (Å²) in [6, 6.07) is 0. The number of rotatable bonds is 4. The molecule has 0 saturated carbocycles. The summed E-state index contributed by atoms with van der Waals surface area (Å²) in [7, 11) is 1.93. The molecule has 3 aromatic heterocycles. The zero-order valence-electron chi connectivity index (χ0n) is 12.0. The lowest BCUT2D eigenvalue weighted by atomic mass is 10.4. The van der Waals surface area contributed by atoms with Crippen molar-refractivity contribution >= 4 is 38.2 Å². The highest BCUT2D eigenvalue weighted by atomic mass is 32.1. The molecule has 0 radical (unpaired) electrons. The first-order chi connectivity index (χ1) is 9.58. The summed E-state index contributed by atoms with van der Waals surface area (Å²) >= 11 is 3.44. The molecule has 3 heterocycles. The van der Waals surface area contributed by atoms with E-state index in [9.17, 15) is 0 Å². The molecule has 7 heteroatoms. The SMILES string of the molecule is CCc1nc(C)c(CNc2nc3c(s2)c(C)nn3C)s1. The van der Waals surface area contributed by atoms with Crippen molar-refractivity contribution in [1.29, 1.82) is 0 Å². The molecule has 0 aromatic carbocycles. The Morgan fingerprint density at radius 3 is 2.60 bits per heavy atom. The van der Waals surface area contributed by atoms with Crippen molar-refractivity contribution in [3.8, 4) is 0 Å². The number of hydrogen-bond donors (Lipinski definition) is 1. The molecule has 3 aromatic rings. The van der Waals surface area contributed by atoms with E-state index in [1.807, 2.05) is 18.7 Å². The van der Waals surface area contributed by atoms with Crippen molar-refractivity contribution in [3.63, 3.8) is 0 Å². The van der Waals surface area contributed by atoms with Gasteiger partial charge < -0.3 is 5.32 Å². The van der Waals surface area contributed by atoms with Gasteiger partial charge in [-0.1, -0.05) is 18.3 Å². The lowest BCUT2D eigenvalue weighted by Crippen LogP contribution is -1.99. The molecule has 3 rings (SSSR count). The number of fused-ring (bicyclic) bond motifs is 1. The van der Waals surface area contributed by atoms with E-state index in [4.69, 9.17) is 0 Å². The van der Waals surface area contributed by atoms with Crippen LogP contribution >= 0.6 is 22.7 Å². The lowest BCUT2D eigenvalue weighted by Gasteiger charge is -2.00. The molecule has 106 valence electrons. The quantitative estimate of drug-likeness (QED) is 0.803. The van der Waals surface area contributed by atoms with Crippen LogP contribution in [0.2, 0.25) is 0 Å². The monoisotopic (exact) mass is 307 g/mol. The summed E-state index contributed by atoms with van der Waals surface area (Å²) in [4.78, 5) is 10.4. The molecule has 5 nitrogen and oxygen atoms in total. The number of aryl methyl sites for hydroxylation is 4. The number of nitrogens with one attached hydrogen (secondary N) is 1. The van der Waals surface area contributed by atoms with Gasteiger partial charge in [-0.25, -0.2) is 14.6 Å². The van der Waals surface area contributed by atoms with Gasteiger partial charge in [-0.15, -0.1) is 11.3 Å². The van der Waals surface area contributed by atoms with E-state index in [2.05, 4.69) is 34.2 Å². The first-order valence-electron chi connectivity index (χ1n) is 6.57. The van der Waals surface area contributed by atoms with Crippen LogP contribution in [0.3, 0.4) is 0 Å². The minimum absolute atomic E-state index is 0.787. The molecule has 0 amide bonds. The normalized spacial score (nSPS) is 11.4. The molecule has 0 unspecified atom stereocenters. The molecule has 20 heavy (non-hydrogen) atoms. The van der Waals surface area contributed by atoms with Crippen molar-refractivity contribution in [3.05, 3.63) is 21.3 Å². The molecular formula is C13H17N5S2. The van der Waals surface area contributed by atoms with Crippen molar-refractivity contribution in [2.24, 2.45) is 7.05 Å². The van der Waals surface area contributed by atoms with Crippen LogP contribution in [0.5, 0.6) is 0 Å². The molecule has 0 aliphatic carbocycles. The molecule has 0 saturated heterocycles. The van der Waals surface area contributed by atoms with Crippen LogP contribution in [0.15, 0.2) is 0 Å². The van der Waals surface area contributed by atoms with E-state index in [1.165, 1.54) is 9.88 Å². The molecular weight excluding hydrogens is 290 g/mol. The molecule has 0 aliphatic rings. The summed E-state index contributed by atoms with van der Waals surface area (Å²) in [5.74, 6) is 0. The van der Waals surface area contributed by atoms with Gasteiger partial charge in [0.2, 0.25) is 0 Å². The number of anilines is 1. The fraction of sp³-hybridized carbons (Fsp3) is 0.462. The summed E-state index contributed by atoms with van der Waals surface area (Å²) in [5.41, 5.74) is 3.11. The predicted molar refractivity (Wildman–Crippen MR) is 84.7 cm³/mol. The van der Waals surface area contributed by atoms with Gasteiger partial charge in [0.25, 0.3) is 0 Å². The fourth-order valence-electron chi connectivity index (χ4n) is 2.12. The first-order valence-corrected chi connectivity index (χ1v) is 8.21. The van der Waals surface area contributed by atoms with Gasteiger partial charge in [0.1, 0.15) is 0 Å². The minimum atomic E-state index is 0.787. The maximum absolute atomic E-state index is 4.60. The van der Waals surface area contributed by atoms with Crippen LogP contribution < -0.4 is 5.32 Å². The summed E-state index contributed by atoms with van der Waals surface area (Å²) in [6.45, 7) is 7.01. The van der Waals surface area contributed by atoms with E-state index in [-0.39, 0.29) is 0 Å². The van der Waals surface area contributed by atoms with Crippen LogP contribution in [0.4, 0.5) is 5.13 Å². The maximum atomic E-state index is 4.60. The molecule has 0 spiro atoms. The Kier molecular flexibility index (Phi) is 3.47. The zero-order valence-corrected chi connectivity index (χ0v) is 13.7. The Morgan fingerprint density at radius 2 is 1.95 bits per heavy atom. The Labute approximate surface area is 125 Å². The van der Waals surface area contributed by atoms with E-state index in [0.717, 1.165) is 39.8 Å². The van der Waals surface area contributed by atoms with Crippen molar-refractivity contribution in [2.75, 3.05) is 5.32 Å². The van der Waals surface area contributed by atoms with Gasteiger partial charge >= 0.3 is 0 Å². The molecule has 0 bridgehead atoms. The minimum Gasteiger partial charge on any atom is -0.356 e. The number of hydrogen-bond acceptors (Lipinski definition) is 6. The third-order valence-corrected chi connectivity index (χ3v) is 5.60. The van der Waals surface area contributed by atoms with E-state index in [1.54, 1.807) is 22.7 Å². The van der Waals surface area contributed by atoms with E-state index < -0.39 is 0 Å². The largest absolute Gasteiger partial charge is 0.356 e. The Hall–Kier alpha value is -1.47. The van der Waals surface area contributed by atoms with Crippen molar-refractivity contribution < 1.29 is 0 Å². The molecule has 0 atom stereocenters. The molecule has 1 N–H and O–H groups in total. The lowest BCUT2D eigenvalue weighted by molar-refractivity contribution is 0.774. The molecule has 0 aliphatic heterocycles. The number of nitrogens with zero attached hydrogens (tertiary/aromatic N) is 4.